The monoisotopic (exact) mass is 492 g/mol. The molecule has 7 heteroatoms. The minimum Gasteiger partial charge on any atom is -0.337 e. The van der Waals surface area contributed by atoms with Gasteiger partial charge in [-0.15, -0.1) is 0 Å². The number of likely N-dealkylation sites (tertiary alicyclic amines) is 1. The number of hydroxylamine groups is 2. The highest BCUT2D eigenvalue weighted by Crippen LogP contribution is 2.37. The van der Waals surface area contributed by atoms with Crippen LogP contribution in [-0.2, 0) is 4.79 Å². The molecule has 4 rings (SSSR count). The van der Waals surface area contributed by atoms with Gasteiger partial charge < -0.3 is 9.80 Å². The summed E-state index contributed by atoms with van der Waals surface area (Å²) in [4.78, 5) is 35.4. The largest absolute Gasteiger partial charge is 0.337 e. The van der Waals surface area contributed by atoms with Crippen molar-refractivity contribution in [3.05, 3.63) is 54.2 Å². The lowest BCUT2D eigenvalue weighted by Gasteiger charge is -2.44. The maximum atomic E-state index is 13.5. The molecule has 1 aromatic carbocycles. The molecule has 194 valence electrons. The van der Waals surface area contributed by atoms with Gasteiger partial charge >= 0.3 is 0 Å². The molecular weight excluding hydrogens is 452 g/mol. The molecule has 2 fully saturated rings. The van der Waals surface area contributed by atoms with E-state index in [2.05, 4.69) is 37.7 Å². The van der Waals surface area contributed by atoms with Gasteiger partial charge in [0.15, 0.2) is 0 Å². The first kappa shape index (κ1) is 26.3. The molecule has 0 bridgehead atoms. The van der Waals surface area contributed by atoms with Gasteiger partial charge in [-0.3, -0.25) is 19.8 Å². The van der Waals surface area contributed by atoms with Crippen LogP contribution < -0.4 is 0 Å². The van der Waals surface area contributed by atoms with Crippen molar-refractivity contribution in [2.24, 2.45) is 5.92 Å². The minimum atomic E-state index is -0.843. The minimum absolute atomic E-state index is 0.134. The first-order valence-corrected chi connectivity index (χ1v) is 13.4. The van der Waals surface area contributed by atoms with Gasteiger partial charge in [-0.05, 0) is 71.0 Å². The van der Waals surface area contributed by atoms with E-state index in [9.17, 15) is 14.8 Å². The lowest BCUT2D eigenvalue weighted by atomic mass is 9.77. The number of hydrogen-bond acceptors (Lipinski definition) is 5. The average molecular weight is 493 g/mol. The summed E-state index contributed by atoms with van der Waals surface area (Å²) < 4.78 is 0. The topological polar surface area (TPSA) is 77.0 Å². The molecule has 7 nitrogen and oxygen atoms in total. The lowest BCUT2D eigenvalue weighted by molar-refractivity contribution is -0.147. The molecule has 4 atom stereocenters. The SMILES string of the molecule is CCC[C@@H]1C[C@H](N(C)C(C)C)CC[C@@H]1N1CC[C@H](N(O)C(=O)c2ccnc(-c3ccccc3)c2)C1=O. The van der Waals surface area contributed by atoms with E-state index in [0.29, 0.717) is 47.3 Å². The number of carbonyl (C=O) groups is 2. The Morgan fingerprint density at radius 1 is 1.17 bits per heavy atom. The average Bonchev–Trinajstić information content (AvgIpc) is 3.28. The third-order valence-corrected chi connectivity index (χ3v) is 8.16. The zero-order chi connectivity index (χ0) is 25.8. The van der Waals surface area contributed by atoms with Gasteiger partial charge in [0.05, 0.1) is 5.69 Å². The second kappa shape index (κ2) is 11.5. The van der Waals surface area contributed by atoms with Gasteiger partial charge in [0.2, 0.25) is 5.91 Å². The van der Waals surface area contributed by atoms with Gasteiger partial charge in [0.25, 0.3) is 5.91 Å². The third kappa shape index (κ3) is 5.47. The van der Waals surface area contributed by atoms with Crippen molar-refractivity contribution in [3.63, 3.8) is 0 Å². The van der Waals surface area contributed by atoms with E-state index in [1.165, 1.54) is 0 Å². The first-order chi connectivity index (χ1) is 17.3. The number of hydrogen-bond donors (Lipinski definition) is 1. The molecule has 2 aliphatic rings. The molecule has 1 saturated heterocycles. The van der Waals surface area contributed by atoms with Crippen molar-refractivity contribution < 1.29 is 14.8 Å². The van der Waals surface area contributed by atoms with E-state index in [1.807, 2.05) is 35.2 Å². The van der Waals surface area contributed by atoms with Crippen molar-refractivity contribution in [2.45, 2.75) is 83.5 Å². The Kier molecular flexibility index (Phi) is 8.42. The molecule has 2 heterocycles. The van der Waals surface area contributed by atoms with E-state index in [4.69, 9.17) is 0 Å². The van der Waals surface area contributed by atoms with E-state index in [-0.39, 0.29) is 11.9 Å². The molecule has 2 aromatic rings. The fourth-order valence-corrected chi connectivity index (χ4v) is 5.95. The smallest absolute Gasteiger partial charge is 0.278 e. The molecule has 1 saturated carbocycles. The van der Waals surface area contributed by atoms with E-state index < -0.39 is 11.9 Å². The third-order valence-electron chi connectivity index (χ3n) is 8.16. The van der Waals surface area contributed by atoms with Gasteiger partial charge in [-0.2, -0.15) is 0 Å². The van der Waals surface area contributed by atoms with Gasteiger partial charge in [-0.1, -0.05) is 43.7 Å². The highest BCUT2D eigenvalue weighted by atomic mass is 16.5. The quantitative estimate of drug-likeness (QED) is 0.421. The summed E-state index contributed by atoms with van der Waals surface area (Å²) in [5.74, 6) is -0.263. The zero-order valence-corrected chi connectivity index (χ0v) is 22.0. The van der Waals surface area contributed by atoms with E-state index >= 15 is 0 Å². The Morgan fingerprint density at radius 2 is 1.92 bits per heavy atom. The summed E-state index contributed by atoms with van der Waals surface area (Å²) in [7, 11) is 2.20. The van der Waals surface area contributed by atoms with Crippen LogP contribution in [0.3, 0.4) is 0 Å². The summed E-state index contributed by atoms with van der Waals surface area (Å²) in [6.45, 7) is 7.24. The predicted octanol–water partition coefficient (Wildman–Crippen LogP) is 4.86. The number of benzene rings is 1. The maximum absolute atomic E-state index is 13.5. The van der Waals surface area contributed by atoms with Crippen LogP contribution in [0.15, 0.2) is 48.7 Å². The number of aromatic nitrogens is 1. The first-order valence-electron chi connectivity index (χ1n) is 13.4. The van der Waals surface area contributed by atoms with Gasteiger partial charge in [-0.25, -0.2) is 5.06 Å². The Morgan fingerprint density at radius 3 is 2.61 bits per heavy atom. The second-order valence-corrected chi connectivity index (χ2v) is 10.6. The molecule has 1 aliphatic carbocycles. The van der Waals surface area contributed by atoms with Crippen LogP contribution in [0, 0.1) is 5.92 Å². The van der Waals surface area contributed by atoms with Crippen LogP contribution >= 0.6 is 0 Å². The number of pyridine rings is 1. The molecule has 2 amide bonds. The number of rotatable bonds is 8. The number of nitrogens with zero attached hydrogens (tertiary/aromatic N) is 4. The maximum Gasteiger partial charge on any atom is 0.278 e. The standard InChI is InChI=1S/C29H40N4O3/c1-5-9-22-18-24(31(4)20(2)3)12-13-26(22)32-17-15-27(29(32)35)33(36)28(34)23-14-16-30-25(19-23)21-10-7-6-8-11-21/h6-8,10-11,14,16,19-20,22,24,26-27,36H,5,9,12-13,15,17-18H2,1-4H3/t22-,24-,26+,27+/m1/s1. The molecule has 0 spiro atoms. The summed E-state index contributed by atoms with van der Waals surface area (Å²) >= 11 is 0. The zero-order valence-electron chi connectivity index (χ0n) is 22.0. The summed E-state index contributed by atoms with van der Waals surface area (Å²) in [5, 5.41) is 11.5. The summed E-state index contributed by atoms with van der Waals surface area (Å²) in [6.07, 6.45) is 7.30. The van der Waals surface area contributed by atoms with Crippen LogP contribution in [0.25, 0.3) is 11.3 Å². The van der Waals surface area contributed by atoms with Crippen molar-refractivity contribution in [1.29, 1.82) is 0 Å². The molecule has 1 aliphatic heterocycles. The lowest BCUT2D eigenvalue weighted by Crippen LogP contribution is -2.52. The van der Waals surface area contributed by atoms with Crippen molar-refractivity contribution in [3.8, 4) is 11.3 Å². The van der Waals surface area contributed by atoms with Crippen LogP contribution in [0.5, 0.6) is 0 Å². The number of carbonyl (C=O) groups excluding carboxylic acids is 2. The highest BCUT2D eigenvalue weighted by Gasteiger charge is 2.45. The molecular formula is C29H40N4O3. The highest BCUT2D eigenvalue weighted by molar-refractivity contribution is 5.98. The number of amides is 2. The van der Waals surface area contributed by atoms with Crippen LogP contribution in [-0.4, -0.2) is 74.6 Å². The predicted molar refractivity (Wildman–Crippen MR) is 140 cm³/mol. The Labute approximate surface area is 215 Å². The van der Waals surface area contributed by atoms with Crippen molar-refractivity contribution in [1.82, 2.24) is 19.8 Å². The normalized spacial score (nSPS) is 24.5. The van der Waals surface area contributed by atoms with Crippen LogP contribution in [0.2, 0.25) is 0 Å². The van der Waals surface area contributed by atoms with Gasteiger partial charge in [0.1, 0.15) is 6.04 Å². The van der Waals surface area contributed by atoms with Crippen LogP contribution in [0.1, 0.15) is 69.7 Å². The molecule has 1 aromatic heterocycles. The summed E-state index contributed by atoms with van der Waals surface area (Å²) in [6, 6.07) is 13.2. The van der Waals surface area contributed by atoms with Crippen LogP contribution in [0.4, 0.5) is 0 Å². The molecule has 0 unspecified atom stereocenters. The fraction of sp³-hybridized carbons (Fsp3) is 0.552. The van der Waals surface area contributed by atoms with Crippen molar-refractivity contribution >= 4 is 11.8 Å². The molecule has 1 N–H and O–H groups in total. The Bertz CT molecular complexity index is 1040. The van der Waals surface area contributed by atoms with E-state index in [1.54, 1.807) is 18.3 Å². The summed E-state index contributed by atoms with van der Waals surface area (Å²) in [5.41, 5.74) is 1.86. The van der Waals surface area contributed by atoms with Gasteiger partial charge in [0, 0.05) is 42.0 Å². The second-order valence-electron chi connectivity index (χ2n) is 10.6. The Hall–Kier alpha value is -2.77. The Balaban J connectivity index is 1.45. The van der Waals surface area contributed by atoms with Crippen molar-refractivity contribution in [2.75, 3.05) is 13.6 Å². The molecule has 36 heavy (non-hydrogen) atoms. The fourth-order valence-electron chi connectivity index (χ4n) is 5.95. The van der Waals surface area contributed by atoms with E-state index in [0.717, 1.165) is 37.7 Å². The molecule has 0 radical (unpaired) electrons.